The van der Waals surface area contributed by atoms with E-state index in [0.29, 0.717) is 6.54 Å². The Kier molecular flexibility index (Phi) is 6.23. The third-order valence-electron chi connectivity index (χ3n) is 4.74. The van der Waals surface area contributed by atoms with Crippen molar-refractivity contribution in [2.24, 2.45) is 0 Å². The third kappa shape index (κ3) is 4.92. The fraction of sp³-hybridized carbons (Fsp3) is 0.500. The van der Waals surface area contributed by atoms with Crippen molar-refractivity contribution in [3.8, 4) is 5.69 Å². The van der Waals surface area contributed by atoms with E-state index in [0.717, 1.165) is 43.5 Å². The van der Waals surface area contributed by atoms with Gasteiger partial charge in [-0.3, -0.25) is 4.79 Å². The smallest absolute Gasteiger partial charge is 0.237 e. The molecule has 1 aliphatic heterocycles. The standard InChI is InChI=1S/C20H28N4O/c1-2-3-6-16-8-10-18(11-9-16)24-15-17(14-23-24)13-22-19-7-4-5-12-21-20(19)25/h8-11,14-15,19,22H,2-7,12-13H2,1H3,(H,21,25)/t19-/m0/s1. The van der Waals surface area contributed by atoms with Gasteiger partial charge in [-0.1, -0.05) is 25.5 Å². The molecule has 1 atom stereocenters. The molecule has 0 bridgehead atoms. The van der Waals surface area contributed by atoms with Gasteiger partial charge in [-0.05, 0) is 49.8 Å². The van der Waals surface area contributed by atoms with Gasteiger partial charge in [0.2, 0.25) is 5.91 Å². The first-order chi connectivity index (χ1) is 12.3. The molecule has 3 rings (SSSR count). The maximum Gasteiger partial charge on any atom is 0.237 e. The normalized spacial score (nSPS) is 18.0. The first-order valence-electron chi connectivity index (χ1n) is 9.40. The van der Waals surface area contributed by atoms with Crippen LogP contribution in [0.15, 0.2) is 36.7 Å². The fourth-order valence-electron chi connectivity index (χ4n) is 3.16. The van der Waals surface area contributed by atoms with Gasteiger partial charge in [-0.15, -0.1) is 0 Å². The van der Waals surface area contributed by atoms with Crippen LogP contribution in [0, 0.1) is 0 Å². The quantitative estimate of drug-likeness (QED) is 0.815. The topological polar surface area (TPSA) is 59.0 Å². The summed E-state index contributed by atoms with van der Waals surface area (Å²) < 4.78 is 1.90. The number of rotatable bonds is 7. The molecular formula is C20H28N4O. The fourth-order valence-corrected chi connectivity index (χ4v) is 3.16. The summed E-state index contributed by atoms with van der Waals surface area (Å²) in [6.45, 7) is 3.67. The predicted molar refractivity (Wildman–Crippen MR) is 99.7 cm³/mol. The molecule has 2 aromatic rings. The molecule has 2 N–H and O–H groups in total. The van der Waals surface area contributed by atoms with E-state index in [2.05, 4.69) is 46.9 Å². The zero-order valence-corrected chi connectivity index (χ0v) is 15.0. The molecule has 1 aromatic carbocycles. The van der Waals surface area contributed by atoms with E-state index in [1.165, 1.54) is 18.4 Å². The highest BCUT2D eigenvalue weighted by molar-refractivity contribution is 5.81. The number of aryl methyl sites for hydroxylation is 1. The summed E-state index contributed by atoms with van der Waals surface area (Å²) in [5, 5.41) is 10.8. The Hall–Kier alpha value is -2.14. The van der Waals surface area contributed by atoms with Crippen molar-refractivity contribution in [3.05, 3.63) is 47.8 Å². The minimum Gasteiger partial charge on any atom is -0.355 e. The van der Waals surface area contributed by atoms with Gasteiger partial charge in [0.25, 0.3) is 0 Å². The lowest BCUT2D eigenvalue weighted by atomic mass is 10.1. The molecule has 0 saturated carbocycles. The third-order valence-corrected chi connectivity index (χ3v) is 4.74. The monoisotopic (exact) mass is 340 g/mol. The Morgan fingerprint density at radius 3 is 2.88 bits per heavy atom. The summed E-state index contributed by atoms with van der Waals surface area (Å²) in [4.78, 5) is 12.0. The van der Waals surface area contributed by atoms with Crippen LogP contribution < -0.4 is 10.6 Å². The molecule has 1 amide bonds. The molecule has 1 aliphatic rings. The number of amides is 1. The van der Waals surface area contributed by atoms with Crippen molar-refractivity contribution in [2.45, 2.75) is 58.0 Å². The number of unbranched alkanes of at least 4 members (excludes halogenated alkanes) is 1. The van der Waals surface area contributed by atoms with Crippen molar-refractivity contribution in [2.75, 3.05) is 6.54 Å². The Morgan fingerprint density at radius 2 is 2.08 bits per heavy atom. The summed E-state index contributed by atoms with van der Waals surface area (Å²) in [6, 6.07) is 8.51. The van der Waals surface area contributed by atoms with Gasteiger partial charge in [0, 0.05) is 24.8 Å². The number of benzene rings is 1. The van der Waals surface area contributed by atoms with Crippen molar-refractivity contribution < 1.29 is 4.79 Å². The van der Waals surface area contributed by atoms with Crippen LogP contribution in [0.4, 0.5) is 0 Å². The number of carbonyl (C=O) groups is 1. The molecule has 1 saturated heterocycles. The zero-order chi connectivity index (χ0) is 17.5. The second kappa shape index (κ2) is 8.81. The number of aromatic nitrogens is 2. The van der Waals surface area contributed by atoms with E-state index >= 15 is 0 Å². The number of carbonyl (C=O) groups excluding carboxylic acids is 1. The molecule has 0 radical (unpaired) electrons. The average Bonchev–Trinajstić information content (AvgIpc) is 3.02. The lowest BCUT2D eigenvalue weighted by Crippen LogP contribution is -2.42. The van der Waals surface area contributed by atoms with Crippen LogP contribution in [0.1, 0.15) is 50.2 Å². The molecule has 0 aliphatic carbocycles. The lowest BCUT2D eigenvalue weighted by molar-refractivity contribution is -0.122. The van der Waals surface area contributed by atoms with Gasteiger partial charge < -0.3 is 10.6 Å². The summed E-state index contributed by atoms with van der Waals surface area (Å²) in [6.07, 6.45) is 10.5. The van der Waals surface area contributed by atoms with Gasteiger partial charge >= 0.3 is 0 Å². The minimum atomic E-state index is -0.0938. The van der Waals surface area contributed by atoms with Gasteiger partial charge in [-0.25, -0.2) is 4.68 Å². The van der Waals surface area contributed by atoms with E-state index in [1.807, 2.05) is 17.1 Å². The van der Waals surface area contributed by atoms with Crippen LogP contribution in [0.3, 0.4) is 0 Å². The number of hydrogen-bond acceptors (Lipinski definition) is 3. The van der Waals surface area contributed by atoms with E-state index in [4.69, 9.17) is 0 Å². The maximum atomic E-state index is 12.0. The number of nitrogens with zero attached hydrogens (tertiary/aromatic N) is 2. The van der Waals surface area contributed by atoms with Gasteiger partial charge in [-0.2, -0.15) is 5.10 Å². The maximum absolute atomic E-state index is 12.0. The van der Waals surface area contributed by atoms with E-state index in [1.54, 1.807) is 0 Å². The van der Waals surface area contributed by atoms with E-state index < -0.39 is 0 Å². The number of nitrogens with one attached hydrogen (secondary N) is 2. The second-order valence-corrected chi connectivity index (χ2v) is 6.78. The predicted octanol–water partition coefficient (Wildman–Crippen LogP) is 2.97. The molecule has 5 nitrogen and oxygen atoms in total. The Bertz CT molecular complexity index is 677. The van der Waals surface area contributed by atoms with Crippen molar-refractivity contribution in [1.82, 2.24) is 20.4 Å². The van der Waals surface area contributed by atoms with Crippen LogP contribution >= 0.6 is 0 Å². The Morgan fingerprint density at radius 1 is 1.24 bits per heavy atom. The molecule has 1 fully saturated rings. The molecule has 134 valence electrons. The Balaban J connectivity index is 1.57. The van der Waals surface area contributed by atoms with Crippen LogP contribution in [-0.4, -0.2) is 28.3 Å². The summed E-state index contributed by atoms with van der Waals surface area (Å²) in [7, 11) is 0. The van der Waals surface area contributed by atoms with Crippen LogP contribution in [-0.2, 0) is 17.8 Å². The summed E-state index contributed by atoms with van der Waals surface area (Å²) in [5.74, 6) is 0.118. The van der Waals surface area contributed by atoms with Gasteiger partial charge in [0.1, 0.15) is 0 Å². The first kappa shape index (κ1) is 17.7. The lowest BCUT2D eigenvalue weighted by Gasteiger charge is -2.14. The SMILES string of the molecule is CCCCc1ccc(-n2cc(CN[C@H]3CCCCNC3=O)cn2)cc1. The highest BCUT2D eigenvalue weighted by Crippen LogP contribution is 2.13. The molecule has 0 spiro atoms. The van der Waals surface area contributed by atoms with E-state index in [-0.39, 0.29) is 11.9 Å². The minimum absolute atomic E-state index is 0.0938. The van der Waals surface area contributed by atoms with Crippen LogP contribution in [0.25, 0.3) is 5.69 Å². The van der Waals surface area contributed by atoms with Crippen molar-refractivity contribution in [3.63, 3.8) is 0 Å². The molecule has 1 aromatic heterocycles. The molecule has 5 heteroatoms. The molecule has 2 heterocycles. The number of hydrogen-bond donors (Lipinski definition) is 2. The summed E-state index contributed by atoms with van der Waals surface area (Å²) in [5.41, 5.74) is 3.53. The Labute approximate surface area is 149 Å². The second-order valence-electron chi connectivity index (χ2n) is 6.78. The first-order valence-corrected chi connectivity index (χ1v) is 9.40. The van der Waals surface area contributed by atoms with Gasteiger partial charge in [0.15, 0.2) is 0 Å². The highest BCUT2D eigenvalue weighted by atomic mass is 16.2. The summed E-state index contributed by atoms with van der Waals surface area (Å²) >= 11 is 0. The van der Waals surface area contributed by atoms with Crippen molar-refractivity contribution in [1.29, 1.82) is 0 Å². The molecule has 0 unspecified atom stereocenters. The largest absolute Gasteiger partial charge is 0.355 e. The van der Waals surface area contributed by atoms with Crippen LogP contribution in [0.2, 0.25) is 0 Å². The van der Waals surface area contributed by atoms with Crippen molar-refractivity contribution >= 4 is 5.91 Å². The van der Waals surface area contributed by atoms with Gasteiger partial charge in [0.05, 0.1) is 17.9 Å². The van der Waals surface area contributed by atoms with E-state index in [9.17, 15) is 4.79 Å². The zero-order valence-electron chi connectivity index (χ0n) is 15.0. The van der Waals surface area contributed by atoms with Crippen LogP contribution in [0.5, 0.6) is 0 Å². The highest BCUT2D eigenvalue weighted by Gasteiger charge is 2.19. The molecule has 25 heavy (non-hydrogen) atoms. The molecular weight excluding hydrogens is 312 g/mol. The average molecular weight is 340 g/mol.